The summed E-state index contributed by atoms with van der Waals surface area (Å²) in [4.78, 5) is 4.33. The van der Waals surface area contributed by atoms with E-state index in [9.17, 15) is 0 Å². The van der Waals surface area contributed by atoms with Crippen molar-refractivity contribution >= 4 is 55.2 Å². The zero-order valence-corrected chi connectivity index (χ0v) is 14.0. The molecule has 0 N–H and O–H groups in total. The summed E-state index contributed by atoms with van der Waals surface area (Å²) in [6.07, 6.45) is 3.78. The van der Waals surface area contributed by atoms with Crippen molar-refractivity contribution in [1.82, 2.24) is 14.6 Å². The molecule has 0 aliphatic rings. The third-order valence-corrected chi connectivity index (χ3v) is 3.45. The summed E-state index contributed by atoms with van der Waals surface area (Å²) in [5.41, 5.74) is 3.78. The van der Waals surface area contributed by atoms with Crippen LogP contribution >= 0.6 is 43.5 Å². The first-order valence-electron chi connectivity index (χ1n) is 5.77. The van der Waals surface area contributed by atoms with Crippen molar-refractivity contribution < 1.29 is 0 Å². The minimum absolute atomic E-state index is 0.441. The molecule has 6 heteroatoms. The number of hydrogen-bond donors (Lipinski definition) is 0. The standard InChI is InChI=1S/C14H8Br2ClN3/c15-12(16)7-9-2-1-3-10(6-9)11-8-18-14-5-4-13(17)19-20(11)14/h1-8H. The first-order valence-corrected chi connectivity index (χ1v) is 7.73. The number of benzene rings is 1. The average Bonchev–Trinajstić information content (AvgIpc) is 2.81. The molecule has 0 fully saturated rings. The molecule has 2 heterocycles. The highest BCUT2D eigenvalue weighted by Gasteiger charge is 2.07. The number of halogens is 3. The van der Waals surface area contributed by atoms with Crippen LogP contribution in [0.3, 0.4) is 0 Å². The van der Waals surface area contributed by atoms with Gasteiger partial charge in [0.15, 0.2) is 5.65 Å². The van der Waals surface area contributed by atoms with Crippen molar-refractivity contribution in [3.8, 4) is 11.3 Å². The predicted molar refractivity (Wildman–Crippen MR) is 89.3 cm³/mol. The summed E-state index contributed by atoms with van der Waals surface area (Å²) >= 11 is 12.7. The van der Waals surface area contributed by atoms with Gasteiger partial charge in [0.1, 0.15) is 5.15 Å². The van der Waals surface area contributed by atoms with Crippen LogP contribution in [0.5, 0.6) is 0 Å². The number of nitrogens with zero attached hydrogens (tertiary/aromatic N) is 3. The molecule has 3 aromatic rings. The molecule has 0 spiro atoms. The lowest BCUT2D eigenvalue weighted by atomic mass is 10.1. The van der Waals surface area contributed by atoms with E-state index in [2.05, 4.69) is 48.0 Å². The predicted octanol–water partition coefficient (Wildman–Crippen LogP) is 5.14. The minimum atomic E-state index is 0.441. The van der Waals surface area contributed by atoms with Crippen molar-refractivity contribution in [2.24, 2.45) is 0 Å². The molecule has 0 bridgehead atoms. The van der Waals surface area contributed by atoms with Crippen LogP contribution in [0.15, 0.2) is 46.0 Å². The van der Waals surface area contributed by atoms with Gasteiger partial charge in [-0.05, 0) is 61.7 Å². The molecule has 0 unspecified atom stereocenters. The van der Waals surface area contributed by atoms with Gasteiger partial charge in [-0.2, -0.15) is 5.10 Å². The smallest absolute Gasteiger partial charge is 0.154 e. The summed E-state index contributed by atoms with van der Waals surface area (Å²) in [6.45, 7) is 0. The molecule has 100 valence electrons. The molecule has 0 saturated carbocycles. The molecule has 1 aromatic carbocycles. The Balaban J connectivity index is 2.16. The fourth-order valence-electron chi connectivity index (χ4n) is 1.96. The molecule has 0 atom stereocenters. The van der Waals surface area contributed by atoms with E-state index in [0.29, 0.717) is 5.15 Å². The van der Waals surface area contributed by atoms with Crippen LogP contribution in [0.25, 0.3) is 23.0 Å². The Morgan fingerprint density at radius 3 is 2.85 bits per heavy atom. The first kappa shape index (κ1) is 13.8. The topological polar surface area (TPSA) is 30.2 Å². The largest absolute Gasteiger partial charge is 0.235 e. The van der Waals surface area contributed by atoms with Crippen molar-refractivity contribution in [2.75, 3.05) is 0 Å². The van der Waals surface area contributed by atoms with Gasteiger partial charge in [-0.1, -0.05) is 29.8 Å². The molecule has 2 aromatic heterocycles. The van der Waals surface area contributed by atoms with Gasteiger partial charge in [0.25, 0.3) is 0 Å². The van der Waals surface area contributed by atoms with E-state index in [1.54, 1.807) is 16.8 Å². The van der Waals surface area contributed by atoms with Crippen LogP contribution < -0.4 is 0 Å². The lowest BCUT2D eigenvalue weighted by molar-refractivity contribution is 0.943. The number of rotatable bonds is 2. The summed E-state index contributed by atoms with van der Waals surface area (Å²) in [5.74, 6) is 0. The maximum absolute atomic E-state index is 5.95. The van der Waals surface area contributed by atoms with Crippen LogP contribution in [0, 0.1) is 0 Å². The van der Waals surface area contributed by atoms with Crippen LogP contribution in [0.4, 0.5) is 0 Å². The zero-order valence-electron chi connectivity index (χ0n) is 10.1. The molecule has 0 aliphatic heterocycles. The highest BCUT2D eigenvalue weighted by molar-refractivity contribution is 9.28. The van der Waals surface area contributed by atoms with Gasteiger partial charge in [-0.15, -0.1) is 0 Å². The van der Waals surface area contributed by atoms with Gasteiger partial charge in [0.2, 0.25) is 0 Å². The quantitative estimate of drug-likeness (QED) is 0.582. The highest BCUT2D eigenvalue weighted by Crippen LogP contribution is 2.24. The summed E-state index contributed by atoms with van der Waals surface area (Å²) in [7, 11) is 0. The normalized spacial score (nSPS) is 10.8. The number of fused-ring (bicyclic) bond motifs is 1. The van der Waals surface area contributed by atoms with Gasteiger partial charge in [0, 0.05) is 5.56 Å². The van der Waals surface area contributed by atoms with Crippen molar-refractivity contribution in [3.63, 3.8) is 0 Å². The van der Waals surface area contributed by atoms with E-state index < -0.39 is 0 Å². The first-order chi connectivity index (χ1) is 9.63. The molecule has 3 nitrogen and oxygen atoms in total. The Morgan fingerprint density at radius 1 is 1.20 bits per heavy atom. The van der Waals surface area contributed by atoms with Gasteiger partial charge < -0.3 is 0 Å². The second kappa shape index (κ2) is 5.68. The molecule has 20 heavy (non-hydrogen) atoms. The Kier molecular flexibility index (Phi) is 3.92. The fourth-order valence-corrected chi connectivity index (χ4v) is 2.63. The van der Waals surface area contributed by atoms with Crippen LogP contribution in [-0.4, -0.2) is 14.6 Å². The maximum Gasteiger partial charge on any atom is 0.154 e. The minimum Gasteiger partial charge on any atom is -0.235 e. The van der Waals surface area contributed by atoms with Gasteiger partial charge in [0.05, 0.1) is 15.3 Å². The molecule has 0 aliphatic carbocycles. The highest BCUT2D eigenvalue weighted by atomic mass is 79.9. The van der Waals surface area contributed by atoms with Crippen LogP contribution in [-0.2, 0) is 0 Å². The Morgan fingerprint density at radius 2 is 2.05 bits per heavy atom. The van der Waals surface area contributed by atoms with Gasteiger partial charge in [-0.25, -0.2) is 9.50 Å². The van der Waals surface area contributed by atoms with Crippen molar-refractivity contribution in [3.05, 3.63) is 56.7 Å². The fraction of sp³-hybridized carbons (Fsp3) is 0. The van der Waals surface area contributed by atoms with E-state index in [1.807, 2.05) is 30.3 Å². The SMILES string of the molecule is Clc1ccc2ncc(-c3cccc(C=C(Br)Br)c3)n2n1. The third-order valence-electron chi connectivity index (χ3n) is 2.79. The zero-order chi connectivity index (χ0) is 14.1. The Hall–Kier alpha value is -1.17. The molecule has 0 radical (unpaired) electrons. The number of hydrogen-bond acceptors (Lipinski definition) is 2. The van der Waals surface area contributed by atoms with E-state index in [-0.39, 0.29) is 0 Å². The molecule has 0 saturated heterocycles. The average molecular weight is 414 g/mol. The number of imidazole rings is 1. The summed E-state index contributed by atoms with van der Waals surface area (Å²) < 4.78 is 2.63. The Bertz CT molecular complexity index is 807. The van der Waals surface area contributed by atoms with E-state index in [1.165, 1.54) is 0 Å². The van der Waals surface area contributed by atoms with Gasteiger partial charge >= 0.3 is 0 Å². The summed E-state index contributed by atoms with van der Waals surface area (Å²) in [5, 5.41) is 4.73. The maximum atomic E-state index is 5.95. The lowest BCUT2D eigenvalue weighted by Gasteiger charge is -2.03. The van der Waals surface area contributed by atoms with E-state index >= 15 is 0 Å². The molecule has 3 rings (SSSR count). The van der Waals surface area contributed by atoms with E-state index in [4.69, 9.17) is 11.6 Å². The second-order valence-corrected chi connectivity index (χ2v) is 7.29. The number of aromatic nitrogens is 3. The lowest BCUT2D eigenvalue weighted by Crippen LogP contribution is -1.94. The van der Waals surface area contributed by atoms with Crippen molar-refractivity contribution in [2.45, 2.75) is 0 Å². The van der Waals surface area contributed by atoms with Gasteiger partial charge in [-0.3, -0.25) is 0 Å². The summed E-state index contributed by atoms with van der Waals surface area (Å²) in [6, 6.07) is 11.7. The molecule has 0 amide bonds. The molecular formula is C14H8Br2ClN3. The second-order valence-electron chi connectivity index (χ2n) is 4.13. The third kappa shape index (κ3) is 2.80. The molecular weight excluding hydrogens is 405 g/mol. The van der Waals surface area contributed by atoms with E-state index in [0.717, 1.165) is 25.9 Å². The van der Waals surface area contributed by atoms with Crippen molar-refractivity contribution in [1.29, 1.82) is 0 Å². The van der Waals surface area contributed by atoms with Crippen LogP contribution in [0.2, 0.25) is 5.15 Å². The van der Waals surface area contributed by atoms with Crippen LogP contribution in [0.1, 0.15) is 5.56 Å². The Labute approximate surface area is 137 Å². The monoisotopic (exact) mass is 411 g/mol.